The lowest BCUT2D eigenvalue weighted by Gasteiger charge is -2.33. The van der Waals surface area contributed by atoms with E-state index < -0.39 is 16.9 Å². The Morgan fingerprint density at radius 2 is 1.94 bits per heavy atom. The standard InChI is InChI=1S/C26H23FN6O2S/c1-26(2)24(35)32(17-7-5-15-12-29-30-21(15)11-17)25(36)33(26)18-8-6-16(20(27)10-18)13-31-14-22-19(23(31)34)4-3-9-28-22/h3-12,25,36H,13-14H2,1-2H3,(H,29,30). The number of amides is 2. The fourth-order valence-electron chi connectivity index (χ4n) is 5.02. The van der Waals surface area contributed by atoms with E-state index in [1.807, 2.05) is 18.2 Å². The molecule has 1 saturated heterocycles. The Morgan fingerprint density at radius 3 is 2.72 bits per heavy atom. The van der Waals surface area contributed by atoms with Crippen LogP contribution >= 0.6 is 12.6 Å². The number of hydrogen-bond acceptors (Lipinski definition) is 6. The molecule has 0 saturated carbocycles. The van der Waals surface area contributed by atoms with Crippen molar-refractivity contribution in [3.05, 3.63) is 83.6 Å². The van der Waals surface area contributed by atoms with Crippen molar-refractivity contribution >= 4 is 46.7 Å². The van der Waals surface area contributed by atoms with Gasteiger partial charge >= 0.3 is 0 Å². The number of hydrogen-bond donors (Lipinski definition) is 2. The van der Waals surface area contributed by atoms with Crippen LogP contribution in [0, 0.1) is 5.82 Å². The average Bonchev–Trinajstić information content (AvgIpc) is 3.49. The third-order valence-electron chi connectivity index (χ3n) is 6.93. The number of anilines is 2. The molecule has 8 nitrogen and oxygen atoms in total. The van der Waals surface area contributed by atoms with E-state index in [1.165, 1.54) is 6.07 Å². The molecule has 2 aliphatic rings. The molecular weight excluding hydrogens is 479 g/mol. The summed E-state index contributed by atoms with van der Waals surface area (Å²) in [5.41, 5.74) is 2.02. The molecule has 4 aromatic rings. The quantitative estimate of drug-likeness (QED) is 0.411. The molecule has 6 rings (SSSR count). The number of aromatic amines is 1. The van der Waals surface area contributed by atoms with Crippen molar-refractivity contribution in [1.82, 2.24) is 20.1 Å². The Morgan fingerprint density at radius 1 is 1.14 bits per heavy atom. The molecule has 0 aliphatic carbocycles. The highest BCUT2D eigenvalue weighted by atomic mass is 32.1. The summed E-state index contributed by atoms with van der Waals surface area (Å²) >= 11 is 4.77. The molecule has 0 bridgehead atoms. The lowest BCUT2D eigenvalue weighted by molar-refractivity contribution is -0.120. The maximum Gasteiger partial charge on any atom is 0.256 e. The molecule has 1 fully saturated rings. The third kappa shape index (κ3) is 3.35. The highest BCUT2D eigenvalue weighted by Gasteiger charge is 2.51. The van der Waals surface area contributed by atoms with Crippen LogP contribution in [-0.4, -0.2) is 42.9 Å². The topological polar surface area (TPSA) is 85.4 Å². The van der Waals surface area contributed by atoms with Gasteiger partial charge in [-0.1, -0.05) is 6.07 Å². The average molecular weight is 503 g/mol. The molecule has 0 spiro atoms. The van der Waals surface area contributed by atoms with Gasteiger partial charge in [-0.3, -0.25) is 24.6 Å². The fourth-order valence-corrected chi connectivity index (χ4v) is 5.68. The number of aromatic nitrogens is 3. The molecule has 182 valence electrons. The van der Waals surface area contributed by atoms with Crippen LogP contribution in [0.5, 0.6) is 0 Å². The van der Waals surface area contributed by atoms with Crippen LogP contribution < -0.4 is 9.80 Å². The van der Waals surface area contributed by atoms with Gasteiger partial charge in [0, 0.05) is 35.1 Å². The minimum absolute atomic E-state index is 0.129. The number of halogens is 1. The van der Waals surface area contributed by atoms with Crippen molar-refractivity contribution in [1.29, 1.82) is 0 Å². The van der Waals surface area contributed by atoms with Crippen LogP contribution in [0.3, 0.4) is 0 Å². The van der Waals surface area contributed by atoms with E-state index in [2.05, 4.69) is 15.2 Å². The second-order valence-corrected chi connectivity index (χ2v) is 9.99. The van der Waals surface area contributed by atoms with Gasteiger partial charge in [-0.05, 0) is 56.3 Å². The summed E-state index contributed by atoms with van der Waals surface area (Å²) in [6.07, 6.45) is 3.36. The smallest absolute Gasteiger partial charge is 0.256 e. The van der Waals surface area contributed by atoms with E-state index in [4.69, 9.17) is 12.6 Å². The molecule has 1 unspecified atom stereocenters. The van der Waals surface area contributed by atoms with E-state index in [0.29, 0.717) is 34.7 Å². The van der Waals surface area contributed by atoms with Crippen molar-refractivity contribution in [2.24, 2.45) is 0 Å². The van der Waals surface area contributed by atoms with Crippen molar-refractivity contribution in [3.63, 3.8) is 0 Å². The summed E-state index contributed by atoms with van der Waals surface area (Å²) in [4.78, 5) is 35.4. The maximum atomic E-state index is 15.3. The fraction of sp³-hybridized carbons (Fsp3) is 0.231. The molecule has 10 heteroatoms. The van der Waals surface area contributed by atoms with Gasteiger partial charge in [-0.2, -0.15) is 5.10 Å². The van der Waals surface area contributed by atoms with Gasteiger partial charge in [0.05, 0.1) is 29.5 Å². The number of H-pyrrole nitrogens is 1. The summed E-state index contributed by atoms with van der Waals surface area (Å²) in [5, 5.41) is 7.90. The first-order chi connectivity index (χ1) is 17.3. The van der Waals surface area contributed by atoms with Gasteiger partial charge in [0.2, 0.25) is 0 Å². The molecule has 1 atom stereocenters. The summed E-state index contributed by atoms with van der Waals surface area (Å²) in [5.74, 6) is -0.766. The van der Waals surface area contributed by atoms with Gasteiger partial charge in [0.25, 0.3) is 11.8 Å². The second kappa shape index (κ2) is 8.06. The lowest BCUT2D eigenvalue weighted by Crippen LogP contribution is -2.45. The zero-order valence-corrected chi connectivity index (χ0v) is 20.5. The normalized spacial score (nSPS) is 19.0. The van der Waals surface area contributed by atoms with Crippen LogP contribution in [-0.2, 0) is 17.9 Å². The van der Waals surface area contributed by atoms with Crippen molar-refractivity contribution in [3.8, 4) is 0 Å². The van der Waals surface area contributed by atoms with Crippen LogP contribution in [0.25, 0.3) is 10.9 Å². The van der Waals surface area contributed by atoms with Crippen LogP contribution in [0.1, 0.15) is 35.5 Å². The number of nitrogens with zero attached hydrogens (tertiary/aromatic N) is 5. The van der Waals surface area contributed by atoms with E-state index in [9.17, 15) is 9.59 Å². The number of carbonyl (C=O) groups excluding carboxylic acids is 2. The van der Waals surface area contributed by atoms with Gasteiger partial charge in [0.1, 0.15) is 11.4 Å². The number of carbonyl (C=O) groups is 2. The van der Waals surface area contributed by atoms with E-state index >= 15 is 4.39 Å². The molecule has 2 aliphatic heterocycles. The SMILES string of the molecule is CC1(C)C(=O)N(c2ccc3cn[nH]c3c2)C(S)N1c1ccc(CN2Cc3ncccc3C2=O)c(F)c1. The number of nitrogens with one attached hydrogen (secondary N) is 1. The lowest BCUT2D eigenvalue weighted by atomic mass is 10.0. The highest BCUT2D eigenvalue weighted by Crippen LogP contribution is 2.41. The molecule has 36 heavy (non-hydrogen) atoms. The Bertz CT molecular complexity index is 1540. The van der Waals surface area contributed by atoms with Gasteiger partial charge in [-0.15, -0.1) is 12.6 Å². The highest BCUT2D eigenvalue weighted by molar-refractivity contribution is 7.81. The Labute approximate surface area is 212 Å². The van der Waals surface area contributed by atoms with Crippen LogP contribution in [0.15, 0.2) is 60.9 Å². The number of rotatable bonds is 4. The minimum atomic E-state index is -0.971. The number of thiol groups is 1. The first-order valence-corrected chi connectivity index (χ1v) is 12.0. The Hall–Kier alpha value is -3.92. The van der Waals surface area contributed by atoms with Gasteiger partial charge in [0.15, 0.2) is 5.50 Å². The predicted molar refractivity (Wildman–Crippen MR) is 137 cm³/mol. The first kappa shape index (κ1) is 22.5. The maximum absolute atomic E-state index is 15.3. The summed E-state index contributed by atoms with van der Waals surface area (Å²) in [6, 6.07) is 13.9. The van der Waals surface area contributed by atoms with Gasteiger partial charge < -0.3 is 9.80 Å². The molecule has 2 aromatic carbocycles. The molecular formula is C26H23FN6O2S. The first-order valence-electron chi connectivity index (χ1n) is 11.5. The molecule has 2 aromatic heterocycles. The molecule has 2 amide bonds. The molecule has 1 N–H and O–H groups in total. The largest absolute Gasteiger partial charge is 0.328 e. The van der Waals surface area contributed by atoms with Crippen molar-refractivity contribution in [2.75, 3.05) is 9.80 Å². The summed E-state index contributed by atoms with van der Waals surface area (Å²) in [7, 11) is 0. The Kier molecular flexibility index (Phi) is 5.04. The Balaban J connectivity index is 1.28. The monoisotopic (exact) mass is 502 g/mol. The van der Waals surface area contributed by atoms with E-state index in [-0.39, 0.29) is 18.4 Å². The minimum Gasteiger partial charge on any atom is -0.328 e. The predicted octanol–water partition coefficient (Wildman–Crippen LogP) is 4.10. The second-order valence-electron chi connectivity index (χ2n) is 9.53. The molecule has 4 heterocycles. The zero-order valence-electron chi connectivity index (χ0n) is 19.6. The van der Waals surface area contributed by atoms with Gasteiger partial charge in [-0.25, -0.2) is 4.39 Å². The van der Waals surface area contributed by atoms with E-state index in [1.54, 1.807) is 65.2 Å². The summed E-state index contributed by atoms with van der Waals surface area (Å²) in [6.45, 7) is 4.07. The van der Waals surface area contributed by atoms with Crippen LogP contribution in [0.2, 0.25) is 0 Å². The number of benzene rings is 2. The van der Waals surface area contributed by atoms with Crippen LogP contribution in [0.4, 0.5) is 15.8 Å². The summed E-state index contributed by atoms with van der Waals surface area (Å²) < 4.78 is 15.3. The molecule has 0 radical (unpaired) electrons. The number of fused-ring (bicyclic) bond motifs is 2. The third-order valence-corrected chi connectivity index (χ3v) is 7.40. The van der Waals surface area contributed by atoms with Crippen molar-refractivity contribution in [2.45, 2.75) is 38.0 Å². The zero-order chi connectivity index (χ0) is 25.2. The number of pyridine rings is 1. The van der Waals surface area contributed by atoms with E-state index in [0.717, 1.165) is 10.9 Å². The van der Waals surface area contributed by atoms with Crippen molar-refractivity contribution < 1.29 is 14.0 Å².